The average molecular weight is 271 g/mol. The van der Waals surface area contributed by atoms with Crippen LogP contribution < -0.4 is 5.73 Å². The van der Waals surface area contributed by atoms with Gasteiger partial charge >= 0.3 is 0 Å². The van der Waals surface area contributed by atoms with Crippen LogP contribution in [0.2, 0.25) is 0 Å². The van der Waals surface area contributed by atoms with E-state index >= 15 is 0 Å². The lowest BCUT2D eigenvalue weighted by atomic mass is 10.1. The maximum absolute atomic E-state index is 6.01. The van der Waals surface area contributed by atoms with E-state index in [2.05, 4.69) is 53.0 Å². The van der Waals surface area contributed by atoms with Crippen molar-refractivity contribution in [1.29, 1.82) is 0 Å². The van der Waals surface area contributed by atoms with Gasteiger partial charge in [-0.25, -0.2) is 4.98 Å². The number of nitrogens with zero attached hydrogens (tertiary/aromatic N) is 2. The van der Waals surface area contributed by atoms with Crippen LogP contribution >= 0.6 is 0 Å². The van der Waals surface area contributed by atoms with Crippen LogP contribution in [-0.4, -0.2) is 15.6 Å². The summed E-state index contributed by atoms with van der Waals surface area (Å²) < 4.78 is 2.25. The Labute approximate surface area is 121 Å². The van der Waals surface area contributed by atoms with E-state index in [0.29, 0.717) is 0 Å². The molecule has 0 saturated carbocycles. The average Bonchev–Trinajstić information content (AvgIpc) is 2.92. The summed E-state index contributed by atoms with van der Waals surface area (Å²) >= 11 is 0. The Hall–Kier alpha value is -1.61. The van der Waals surface area contributed by atoms with Gasteiger partial charge in [-0.2, -0.15) is 0 Å². The Morgan fingerprint density at radius 3 is 2.75 bits per heavy atom. The van der Waals surface area contributed by atoms with Crippen LogP contribution in [-0.2, 0) is 19.4 Å². The van der Waals surface area contributed by atoms with Crippen molar-refractivity contribution in [2.24, 2.45) is 5.73 Å². The molecule has 0 aliphatic heterocycles. The zero-order chi connectivity index (χ0) is 14.2. The molecule has 1 atom stereocenters. The maximum Gasteiger partial charge on any atom is 0.110 e. The molecule has 2 rings (SSSR count). The molecular formula is C17H25N3. The molecular weight excluding hydrogens is 246 g/mol. The minimum atomic E-state index is 0.223. The fourth-order valence-electron chi connectivity index (χ4n) is 2.37. The van der Waals surface area contributed by atoms with Crippen molar-refractivity contribution in [2.45, 2.75) is 51.6 Å². The molecule has 3 heteroatoms. The monoisotopic (exact) mass is 271 g/mol. The summed E-state index contributed by atoms with van der Waals surface area (Å²) in [5.41, 5.74) is 7.43. The normalized spacial score (nSPS) is 12.5. The van der Waals surface area contributed by atoms with E-state index in [4.69, 9.17) is 5.73 Å². The van der Waals surface area contributed by atoms with Crippen LogP contribution in [0.15, 0.2) is 42.7 Å². The number of nitrogens with two attached hydrogens (primary N) is 1. The van der Waals surface area contributed by atoms with Gasteiger partial charge in [0.2, 0.25) is 0 Å². The van der Waals surface area contributed by atoms with Crippen LogP contribution in [0.3, 0.4) is 0 Å². The molecule has 1 aromatic heterocycles. The standard InChI is InChI=1S/C17H25N3/c1-2-16(18)14-17-19-11-13-20(17)12-7-6-10-15-8-4-3-5-9-15/h3-5,8-9,11,13,16H,2,6-7,10,12,14,18H2,1H3. The van der Waals surface area contributed by atoms with Gasteiger partial charge in [0, 0.05) is 31.4 Å². The first kappa shape index (κ1) is 14.8. The first-order valence-electron chi connectivity index (χ1n) is 7.59. The molecule has 0 radical (unpaired) electrons. The summed E-state index contributed by atoms with van der Waals surface area (Å²) in [6.07, 6.45) is 9.37. The first-order valence-corrected chi connectivity index (χ1v) is 7.59. The van der Waals surface area contributed by atoms with E-state index in [0.717, 1.165) is 31.6 Å². The quantitative estimate of drug-likeness (QED) is 0.749. The topological polar surface area (TPSA) is 43.8 Å². The number of aromatic nitrogens is 2. The number of hydrogen-bond donors (Lipinski definition) is 1. The van der Waals surface area contributed by atoms with Gasteiger partial charge in [-0.1, -0.05) is 37.3 Å². The highest BCUT2D eigenvalue weighted by molar-refractivity contribution is 5.14. The van der Waals surface area contributed by atoms with Gasteiger partial charge in [-0.3, -0.25) is 0 Å². The molecule has 0 aliphatic rings. The van der Waals surface area contributed by atoms with E-state index in [-0.39, 0.29) is 6.04 Å². The molecule has 0 spiro atoms. The Morgan fingerprint density at radius 1 is 1.20 bits per heavy atom. The summed E-state index contributed by atoms with van der Waals surface area (Å²) in [4.78, 5) is 4.42. The largest absolute Gasteiger partial charge is 0.335 e. The van der Waals surface area contributed by atoms with Crippen molar-refractivity contribution in [3.05, 3.63) is 54.1 Å². The van der Waals surface area contributed by atoms with E-state index < -0.39 is 0 Å². The van der Waals surface area contributed by atoms with Crippen molar-refractivity contribution in [3.8, 4) is 0 Å². The molecule has 0 bridgehead atoms. The van der Waals surface area contributed by atoms with Gasteiger partial charge in [-0.15, -0.1) is 0 Å². The third kappa shape index (κ3) is 4.49. The number of aryl methyl sites for hydroxylation is 2. The number of imidazole rings is 1. The van der Waals surface area contributed by atoms with Gasteiger partial charge in [0.05, 0.1) is 0 Å². The second-order valence-electron chi connectivity index (χ2n) is 5.35. The second kappa shape index (κ2) is 7.85. The molecule has 1 unspecified atom stereocenters. The molecule has 1 aromatic carbocycles. The highest BCUT2D eigenvalue weighted by Gasteiger charge is 2.07. The van der Waals surface area contributed by atoms with Gasteiger partial charge in [0.25, 0.3) is 0 Å². The smallest absolute Gasteiger partial charge is 0.110 e. The van der Waals surface area contributed by atoms with Crippen molar-refractivity contribution in [1.82, 2.24) is 9.55 Å². The summed E-state index contributed by atoms with van der Waals surface area (Å²) in [5.74, 6) is 1.12. The fraction of sp³-hybridized carbons (Fsp3) is 0.471. The van der Waals surface area contributed by atoms with Crippen molar-refractivity contribution in [2.75, 3.05) is 0 Å². The molecule has 108 valence electrons. The molecule has 2 N–H and O–H groups in total. The highest BCUT2D eigenvalue weighted by atomic mass is 15.1. The van der Waals surface area contributed by atoms with Crippen molar-refractivity contribution < 1.29 is 0 Å². The van der Waals surface area contributed by atoms with Crippen LogP contribution in [0, 0.1) is 0 Å². The van der Waals surface area contributed by atoms with E-state index in [9.17, 15) is 0 Å². The third-order valence-electron chi connectivity index (χ3n) is 3.73. The van der Waals surface area contributed by atoms with Crippen LogP contribution in [0.5, 0.6) is 0 Å². The van der Waals surface area contributed by atoms with Gasteiger partial charge in [-0.05, 0) is 31.2 Å². The van der Waals surface area contributed by atoms with Crippen molar-refractivity contribution in [3.63, 3.8) is 0 Å². The molecule has 0 saturated heterocycles. The zero-order valence-corrected chi connectivity index (χ0v) is 12.3. The predicted molar refractivity (Wildman–Crippen MR) is 83.6 cm³/mol. The van der Waals surface area contributed by atoms with Gasteiger partial charge in [0.15, 0.2) is 0 Å². The number of unbranched alkanes of at least 4 members (excludes halogenated alkanes) is 1. The summed E-state index contributed by atoms with van der Waals surface area (Å²) in [6, 6.07) is 10.9. The molecule has 1 heterocycles. The summed E-state index contributed by atoms with van der Waals surface area (Å²) in [5, 5.41) is 0. The summed E-state index contributed by atoms with van der Waals surface area (Å²) in [7, 11) is 0. The van der Waals surface area contributed by atoms with Crippen LogP contribution in [0.1, 0.15) is 37.6 Å². The lowest BCUT2D eigenvalue weighted by molar-refractivity contribution is 0.552. The first-order chi connectivity index (χ1) is 9.79. The SMILES string of the molecule is CCC(N)Cc1nccn1CCCCc1ccccc1. The fourth-order valence-corrected chi connectivity index (χ4v) is 2.37. The molecule has 0 fully saturated rings. The third-order valence-corrected chi connectivity index (χ3v) is 3.73. The molecule has 20 heavy (non-hydrogen) atoms. The van der Waals surface area contributed by atoms with Crippen LogP contribution in [0.4, 0.5) is 0 Å². The lowest BCUT2D eigenvalue weighted by Gasteiger charge is -2.11. The predicted octanol–water partition coefficient (Wildman–Crippen LogP) is 3.19. The Morgan fingerprint density at radius 2 is 2.00 bits per heavy atom. The summed E-state index contributed by atoms with van der Waals surface area (Å²) in [6.45, 7) is 3.16. The second-order valence-corrected chi connectivity index (χ2v) is 5.35. The number of hydrogen-bond acceptors (Lipinski definition) is 2. The zero-order valence-electron chi connectivity index (χ0n) is 12.3. The van der Waals surface area contributed by atoms with E-state index in [1.165, 1.54) is 18.4 Å². The van der Waals surface area contributed by atoms with Crippen LogP contribution in [0.25, 0.3) is 0 Å². The Kier molecular flexibility index (Phi) is 5.81. The maximum atomic E-state index is 6.01. The Balaban J connectivity index is 1.75. The Bertz CT molecular complexity index is 490. The minimum absolute atomic E-state index is 0.223. The van der Waals surface area contributed by atoms with E-state index in [1.807, 2.05) is 6.20 Å². The minimum Gasteiger partial charge on any atom is -0.335 e. The lowest BCUT2D eigenvalue weighted by Crippen LogP contribution is -2.23. The molecule has 2 aromatic rings. The molecule has 0 amide bonds. The molecule has 0 aliphatic carbocycles. The number of benzene rings is 1. The van der Waals surface area contributed by atoms with Gasteiger partial charge < -0.3 is 10.3 Å². The molecule has 3 nitrogen and oxygen atoms in total. The van der Waals surface area contributed by atoms with Crippen molar-refractivity contribution >= 4 is 0 Å². The number of rotatable bonds is 8. The van der Waals surface area contributed by atoms with E-state index in [1.54, 1.807) is 0 Å². The van der Waals surface area contributed by atoms with Gasteiger partial charge in [0.1, 0.15) is 5.82 Å². The highest BCUT2D eigenvalue weighted by Crippen LogP contribution is 2.08.